The molecule has 0 bridgehead atoms. The highest BCUT2D eigenvalue weighted by molar-refractivity contribution is 5.79. The lowest BCUT2D eigenvalue weighted by Gasteiger charge is -2.20. The third kappa shape index (κ3) is 2.28. The van der Waals surface area contributed by atoms with Gasteiger partial charge in [0.2, 0.25) is 0 Å². The molecule has 82 valence electrons. The third-order valence-corrected chi connectivity index (χ3v) is 2.27. The molecule has 1 rings (SSSR count). The van der Waals surface area contributed by atoms with Crippen LogP contribution in [0.3, 0.4) is 0 Å². The van der Waals surface area contributed by atoms with Crippen molar-refractivity contribution in [2.24, 2.45) is 10.9 Å². The van der Waals surface area contributed by atoms with Crippen molar-refractivity contribution >= 4 is 5.84 Å². The summed E-state index contributed by atoms with van der Waals surface area (Å²) >= 11 is 0. The van der Waals surface area contributed by atoms with Gasteiger partial charge >= 0.3 is 6.18 Å². The Hall–Kier alpha value is -0.980. The molecule has 0 aliphatic heterocycles. The van der Waals surface area contributed by atoms with Crippen molar-refractivity contribution < 1.29 is 18.4 Å². The van der Waals surface area contributed by atoms with Crippen LogP contribution in [0.15, 0.2) is 5.16 Å². The monoisotopic (exact) mass is 211 g/mol. The maximum absolute atomic E-state index is 12.3. The summed E-state index contributed by atoms with van der Waals surface area (Å²) in [7, 11) is 0. The minimum Gasteiger partial charge on any atom is -0.409 e. The SMILES string of the molecule is NC(CCNC1(C(F)(F)F)CC1)=NO. The molecular weight excluding hydrogens is 199 g/mol. The molecule has 1 aliphatic carbocycles. The highest BCUT2D eigenvalue weighted by Crippen LogP contribution is 2.48. The Balaban J connectivity index is 2.32. The molecule has 0 radical (unpaired) electrons. The minimum absolute atomic E-state index is 0.0649. The second-order valence-corrected chi connectivity index (χ2v) is 3.35. The van der Waals surface area contributed by atoms with E-state index in [0.29, 0.717) is 0 Å². The summed E-state index contributed by atoms with van der Waals surface area (Å²) < 4.78 is 37.0. The van der Waals surface area contributed by atoms with Gasteiger partial charge in [0.05, 0.1) is 0 Å². The first-order valence-corrected chi connectivity index (χ1v) is 4.19. The van der Waals surface area contributed by atoms with Gasteiger partial charge in [0.15, 0.2) is 0 Å². The number of nitrogens with two attached hydrogens (primary N) is 1. The van der Waals surface area contributed by atoms with E-state index in [1.807, 2.05) is 0 Å². The molecule has 1 fully saturated rings. The summed E-state index contributed by atoms with van der Waals surface area (Å²) in [4.78, 5) is 0. The number of halogens is 3. The van der Waals surface area contributed by atoms with Gasteiger partial charge in [-0.05, 0) is 12.8 Å². The van der Waals surface area contributed by atoms with Crippen molar-refractivity contribution in [2.75, 3.05) is 6.54 Å². The standard InChI is InChI=1S/C7H12F3N3O/c8-7(9,10)6(2-3-6)12-4-1-5(11)13-14/h12,14H,1-4H2,(H2,11,13). The Kier molecular flexibility index (Phi) is 2.89. The van der Waals surface area contributed by atoms with Crippen LogP contribution in [0.4, 0.5) is 13.2 Å². The molecule has 0 aromatic rings. The molecule has 0 aromatic carbocycles. The van der Waals surface area contributed by atoms with Gasteiger partial charge in [-0.25, -0.2) is 0 Å². The molecule has 1 aliphatic rings. The molecule has 0 unspecified atom stereocenters. The average molecular weight is 211 g/mol. The van der Waals surface area contributed by atoms with E-state index in [-0.39, 0.29) is 31.6 Å². The third-order valence-electron chi connectivity index (χ3n) is 2.27. The van der Waals surface area contributed by atoms with Crippen molar-refractivity contribution in [3.8, 4) is 0 Å². The zero-order valence-corrected chi connectivity index (χ0v) is 7.43. The second kappa shape index (κ2) is 3.64. The minimum atomic E-state index is -4.21. The first-order chi connectivity index (χ1) is 6.41. The highest BCUT2D eigenvalue weighted by Gasteiger charge is 2.62. The van der Waals surface area contributed by atoms with Crippen LogP contribution in [0.1, 0.15) is 19.3 Å². The Morgan fingerprint density at radius 3 is 2.43 bits per heavy atom. The fraction of sp³-hybridized carbons (Fsp3) is 0.857. The van der Waals surface area contributed by atoms with Crippen molar-refractivity contribution in [1.29, 1.82) is 0 Å². The molecule has 0 amide bonds. The van der Waals surface area contributed by atoms with E-state index in [0.717, 1.165) is 0 Å². The molecule has 14 heavy (non-hydrogen) atoms. The lowest BCUT2D eigenvalue weighted by atomic mass is 10.2. The van der Waals surface area contributed by atoms with Crippen LogP contribution in [-0.4, -0.2) is 29.3 Å². The number of hydrogen-bond acceptors (Lipinski definition) is 3. The van der Waals surface area contributed by atoms with Gasteiger partial charge in [-0.15, -0.1) is 0 Å². The quantitative estimate of drug-likeness (QED) is 0.279. The van der Waals surface area contributed by atoms with Crippen LogP contribution in [0, 0.1) is 0 Å². The summed E-state index contributed by atoms with van der Waals surface area (Å²) in [6, 6.07) is 0. The predicted octanol–water partition coefficient (Wildman–Crippen LogP) is 0.807. The predicted molar refractivity (Wildman–Crippen MR) is 44.0 cm³/mol. The molecule has 7 heteroatoms. The topological polar surface area (TPSA) is 70.6 Å². The number of nitrogens with zero attached hydrogens (tertiary/aromatic N) is 1. The normalized spacial score (nSPS) is 20.9. The number of hydrogen-bond donors (Lipinski definition) is 3. The van der Waals surface area contributed by atoms with E-state index in [1.165, 1.54) is 0 Å². The largest absolute Gasteiger partial charge is 0.409 e. The maximum Gasteiger partial charge on any atom is 0.406 e. The summed E-state index contributed by atoms with van der Waals surface area (Å²) in [6.45, 7) is 0.0649. The van der Waals surface area contributed by atoms with Gasteiger partial charge in [-0.1, -0.05) is 5.16 Å². The number of rotatable bonds is 4. The molecule has 4 nitrogen and oxygen atoms in total. The van der Waals surface area contributed by atoms with Gasteiger partial charge in [0.1, 0.15) is 11.4 Å². The van der Waals surface area contributed by atoms with E-state index in [4.69, 9.17) is 10.9 Å². The number of amidine groups is 1. The van der Waals surface area contributed by atoms with Gasteiger partial charge in [-0.2, -0.15) is 13.2 Å². The fourth-order valence-corrected chi connectivity index (χ4v) is 1.17. The zero-order chi connectivity index (χ0) is 10.8. The number of nitrogens with one attached hydrogen (secondary N) is 1. The number of oxime groups is 1. The lowest BCUT2D eigenvalue weighted by Crippen LogP contribution is -2.45. The molecular formula is C7H12F3N3O. The van der Waals surface area contributed by atoms with Gasteiger partial charge in [0, 0.05) is 13.0 Å². The Morgan fingerprint density at radius 1 is 1.50 bits per heavy atom. The van der Waals surface area contributed by atoms with Crippen LogP contribution in [0.5, 0.6) is 0 Å². The summed E-state index contributed by atoms with van der Waals surface area (Å²) in [5, 5.41) is 13.2. The molecule has 0 saturated heterocycles. The highest BCUT2D eigenvalue weighted by atomic mass is 19.4. The van der Waals surface area contributed by atoms with E-state index in [2.05, 4.69) is 10.5 Å². The van der Waals surface area contributed by atoms with Crippen molar-refractivity contribution in [1.82, 2.24) is 5.32 Å². The summed E-state index contributed by atoms with van der Waals surface area (Å²) in [5.41, 5.74) is 3.39. The molecule has 0 atom stereocenters. The molecule has 0 aromatic heterocycles. The van der Waals surface area contributed by atoms with Crippen LogP contribution in [0.2, 0.25) is 0 Å². The fourth-order valence-electron chi connectivity index (χ4n) is 1.17. The summed E-state index contributed by atoms with van der Waals surface area (Å²) in [6.07, 6.45) is -3.90. The Bertz CT molecular complexity index is 235. The van der Waals surface area contributed by atoms with Crippen LogP contribution < -0.4 is 11.1 Å². The molecule has 1 saturated carbocycles. The maximum atomic E-state index is 12.3. The second-order valence-electron chi connectivity index (χ2n) is 3.35. The first-order valence-electron chi connectivity index (χ1n) is 4.19. The van der Waals surface area contributed by atoms with E-state index in [1.54, 1.807) is 0 Å². The van der Waals surface area contributed by atoms with E-state index >= 15 is 0 Å². The van der Waals surface area contributed by atoms with Crippen molar-refractivity contribution in [3.05, 3.63) is 0 Å². The Morgan fingerprint density at radius 2 is 2.07 bits per heavy atom. The van der Waals surface area contributed by atoms with Crippen molar-refractivity contribution in [3.63, 3.8) is 0 Å². The molecule has 4 N–H and O–H groups in total. The molecule has 0 spiro atoms. The zero-order valence-electron chi connectivity index (χ0n) is 7.43. The van der Waals surface area contributed by atoms with Gasteiger partial charge in [-0.3, -0.25) is 0 Å². The van der Waals surface area contributed by atoms with Gasteiger partial charge < -0.3 is 16.3 Å². The van der Waals surface area contributed by atoms with Crippen LogP contribution in [0.25, 0.3) is 0 Å². The summed E-state index contributed by atoms with van der Waals surface area (Å²) in [5.74, 6) is -0.0736. The average Bonchev–Trinajstić information content (AvgIpc) is 2.84. The van der Waals surface area contributed by atoms with E-state index in [9.17, 15) is 13.2 Å². The smallest absolute Gasteiger partial charge is 0.406 e. The van der Waals surface area contributed by atoms with Crippen molar-refractivity contribution in [2.45, 2.75) is 31.0 Å². The number of alkyl halides is 3. The van der Waals surface area contributed by atoms with Gasteiger partial charge in [0.25, 0.3) is 0 Å². The lowest BCUT2D eigenvalue weighted by molar-refractivity contribution is -0.165. The van der Waals surface area contributed by atoms with Crippen LogP contribution in [-0.2, 0) is 0 Å². The van der Waals surface area contributed by atoms with E-state index < -0.39 is 11.7 Å². The van der Waals surface area contributed by atoms with Crippen LogP contribution >= 0.6 is 0 Å². The molecule has 0 heterocycles. The first kappa shape index (κ1) is 11.1. The Labute approximate surface area is 79.0 Å².